The van der Waals surface area contributed by atoms with Crippen LogP contribution in [0, 0.1) is 5.92 Å². The number of rotatable bonds is 3. The van der Waals surface area contributed by atoms with Crippen LogP contribution >= 0.6 is 0 Å². The van der Waals surface area contributed by atoms with E-state index < -0.39 is 5.97 Å². The molecular weight excluding hydrogens is 220 g/mol. The van der Waals surface area contributed by atoms with E-state index in [1.54, 1.807) is 6.07 Å². The second kappa shape index (κ2) is 3.48. The third-order valence-electron chi connectivity index (χ3n) is 3.05. The lowest BCUT2D eigenvalue weighted by atomic mass is 10.2. The van der Waals surface area contributed by atoms with Gasteiger partial charge in [0, 0.05) is 6.04 Å². The zero-order valence-corrected chi connectivity index (χ0v) is 9.30. The molecule has 0 aliphatic heterocycles. The maximum atomic E-state index is 10.8. The van der Waals surface area contributed by atoms with E-state index in [4.69, 9.17) is 9.52 Å². The van der Waals surface area contributed by atoms with Gasteiger partial charge in [-0.1, -0.05) is 6.92 Å². The third kappa shape index (κ3) is 1.84. The molecule has 5 nitrogen and oxygen atoms in total. The van der Waals surface area contributed by atoms with Crippen LogP contribution in [0.3, 0.4) is 0 Å². The van der Waals surface area contributed by atoms with Gasteiger partial charge < -0.3 is 14.8 Å². The van der Waals surface area contributed by atoms with Gasteiger partial charge in [0.25, 0.3) is 6.01 Å². The van der Waals surface area contributed by atoms with Gasteiger partial charge in [-0.15, -0.1) is 0 Å². The lowest BCUT2D eigenvalue weighted by molar-refractivity contribution is 0.0697. The Morgan fingerprint density at radius 2 is 2.35 bits per heavy atom. The Balaban J connectivity index is 1.92. The first-order valence-electron chi connectivity index (χ1n) is 5.54. The number of oxazole rings is 1. The topological polar surface area (TPSA) is 75.4 Å². The van der Waals surface area contributed by atoms with Crippen molar-refractivity contribution in [2.75, 3.05) is 5.32 Å². The summed E-state index contributed by atoms with van der Waals surface area (Å²) in [6.45, 7) is 2.16. The Morgan fingerprint density at radius 3 is 3.00 bits per heavy atom. The van der Waals surface area contributed by atoms with Crippen LogP contribution in [0.15, 0.2) is 22.6 Å². The molecule has 2 N–H and O–H groups in total. The molecule has 0 bridgehead atoms. The Bertz CT molecular complexity index is 590. The number of hydrogen-bond acceptors (Lipinski definition) is 4. The summed E-state index contributed by atoms with van der Waals surface area (Å²) in [5.74, 6) is -0.312. The van der Waals surface area contributed by atoms with Crippen molar-refractivity contribution in [3.63, 3.8) is 0 Å². The van der Waals surface area contributed by atoms with Gasteiger partial charge in [-0.05, 0) is 30.5 Å². The number of anilines is 1. The summed E-state index contributed by atoms with van der Waals surface area (Å²) >= 11 is 0. The maximum absolute atomic E-state index is 10.8. The fourth-order valence-electron chi connectivity index (χ4n) is 1.80. The summed E-state index contributed by atoms with van der Waals surface area (Å²) in [6, 6.07) is 5.58. The Labute approximate surface area is 97.5 Å². The van der Waals surface area contributed by atoms with E-state index in [0.29, 0.717) is 29.1 Å². The lowest BCUT2D eigenvalue weighted by Gasteiger charge is -1.95. The second-order valence-corrected chi connectivity index (χ2v) is 4.47. The monoisotopic (exact) mass is 232 g/mol. The minimum absolute atomic E-state index is 0.208. The number of carbonyl (C=O) groups is 1. The zero-order valence-electron chi connectivity index (χ0n) is 9.30. The molecule has 0 spiro atoms. The molecule has 0 amide bonds. The van der Waals surface area contributed by atoms with Gasteiger partial charge in [0.2, 0.25) is 0 Å². The van der Waals surface area contributed by atoms with Crippen LogP contribution in [-0.4, -0.2) is 22.1 Å². The molecule has 0 saturated heterocycles. The zero-order chi connectivity index (χ0) is 12.0. The normalized spacial score (nSPS) is 22.6. The highest BCUT2D eigenvalue weighted by molar-refractivity contribution is 5.92. The molecule has 1 heterocycles. The Kier molecular flexibility index (Phi) is 2.07. The van der Waals surface area contributed by atoms with Crippen LogP contribution in [0.2, 0.25) is 0 Å². The number of nitrogens with zero attached hydrogens (tertiary/aromatic N) is 1. The predicted octanol–water partition coefficient (Wildman–Crippen LogP) is 2.35. The summed E-state index contributed by atoms with van der Waals surface area (Å²) in [6.07, 6.45) is 1.12. The first-order chi connectivity index (χ1) is 8.13. The van der Waals surface area contributed by atoms with Crippen LogP contribution in [0.5, 0.6) is 0 Å². The van der Waals surface area contributed by atoms with Crippen LogP contribution in [0.4, 0.5) is 6.01 Å². The molecule has 2 atom stereocenters. The summed E-state index contributed by atoms with van der Waals surface area (Å²) in [4.78, 5) is 15.1. The van der Waals surface area contributed by atoms with E-state index in [0.717, 1.165) is 6.42 Å². The molecular formula is C12H12N2O3. The number of fused-ring (bicyclic) bond motifs is 1. The Hall–Kier alpha value is -2.04. The molecule has 3 rings (SSSR count). The van der Waals surface area contributed by atoms with Gasteiger partial charge in [0.1, 0.15) is 5.52 Å². The highest BCUT2D eigenvalue weighted by Gasteiger charge is 2.33. The van der Waals surface area contributed by atoms with Crippen LogP contribution in [0.1, 0.15) is 23.7 Å². The summed E-state index contributed by atoms with van der Waals surface area (Å²) in [5.41, 5.74) is 1.38. The molecule has 1 aliphatic carbocycles. The van der Waals surface area contributed by atoms with E-state index in [1.165, 1.54) is 12.1 Å². The molecule has 88 valence electrons. The van der Waals surface area contributed by atoms with Crippen molar-refractivity contribution in [2.24, 2.45) is 5.92 Å². The number of carboxylic acid groups (broad SMARTS) is 1. The van der Waals surface area contributed by atoms with Gasteiger partial charge in [-0.2, -0.15) is 4.98 Å². The molecule has 17 heavy (non-hydrogen) atoms. The smallest absolute Gasteiger partial charge is 0.335 e. The molecule has 1 saturated carbocycles. The fourth-order valence-corrected chi connectivity index (χ4v) is 1.80. The number of benzene rings is 1. The largest absolute Gasteiger partial charge is 0.478 e. The van der Waals surface area contributed by atoms with Crippen molar-refractivity contribution >= 4 is 23.1 Å². The number of nitrogens with one attached hydrogen (secondary N) is 1. The highest BCUT2D eigenvalue weighted by atomic mass is 16.4. The molecule has 2 unspecified atom stereocenters. The van der Waals surface area contributed by atoms with Crippen molar-refractivity contribution < 1.29 is 14.3 Å². The molecule has 1 aliphatic rings. The predicted molar refractivity (Wildman–Crippen MR) is 62.2 cm³/mol. The average Bonchev–Trinajstić information content (AvgIpc) is 2.83. The van der Waals surface area contributed by atoms with E-state index in [2.05, 4.69) is 17.2 Å². The number of carboxylic acids is 1. The quantitative estimate of drug-likeness (QED) is 0.849. The summed E-state index contributed by atoms with van der Waals surface area (Å²) in [7, 11) is 0. The lowest BCUT2D eigenvalue weighted by Crippen LogP contribution is -2.02. The number of aromatic nitrogens is 1. The van der Waals surface area contributed by atoms with Crippen LogP contribution in [-0.2, 0) is 0 Å². The molecule has 2 aromatic rings. The molecule has 1 aromatic heterocycles. The first kappa shape index (κ1) is 10.1. The van der Waals surface area contributed by atoms with E-state index >= 15 is 0 Å². The van der Waals surface area contributed by atoms with Crippen molar-refractivity contribution in [3.05, 3.63) is 23.8 Å². The first-order valence-corrected chi connectivity index (χ1v) is 5.54. The third-order valence-corrected chi connectivity index (χ3v) is 3.05. The van der Waals surface area contributed by atoms with Crippen molar-refractivity contribution in [3.8, 4) is 0 Å². The summed E-state index contributed by atoms with van der Waals surface area (Å²) in [5, 5.41) is 12.0. The van der Waals surface area contributed by atoms with E-state index in [1.807, 2.05) is 0 Å². The van der Waals surface area contributed by atoms with Gasteiger partial charge in [-0.25, -0.2) is 4.79 Å². The van der Waals surface area contributed by atoms with Crippen molar-refractivity contribution in [1.29, 1.82) is 0 Å². The molecule has 5 heteroatoms. The van der Waals surface area contributed by atoms with Gasteiger partial charge in [-0.3, -0.25) is 0 Å². The molecule has 0 radical (unpaired) electrons. The SMILES string of the molecule is CC1CC1Nc1nc2ccc(C(=O)O)cc2o1. The van der Waals surface area contributed by atoms with Crippen molar-refractivity contribution in [1.82, 2.24) is 4.98 Å². The van der Waals surface area contributed by atoms with E-state index in [-0.39, 0.29) is 5.56 Å². The molecule has 1 aromatic carbocycles. The van der Waals surface area contributed by atoms with E-state index in [9.17, 15) is 4.79 Å². The van der Waals surface area contributed by atoms with Crippen molar-refractivity contribution in [2.45, 2.75) is 19.4 Å². The minimum Gasteiger partial charge on any atom is -0.478 e. The second-order valence-electron chi connectivity index (χ2n) is 4.47. The van der Waals surface area contributed by atoms with Gasteiger partial charge >= 0.3 is 5.97 Å². The van der Waals surface area contributed by atoms with Gasteiger partial charge in [0.05, 0.1) is 5.56 Å². The fraction of sp³-hybridized carbons (Fsp3) is 0.333. The molecule has 1 fully saturated rings. The standard InChI is InChI=1S/C12H12N2O3/c1-6-4-9(6)14-12-13-8-3-2-7(11(15)16)5-10(8)17-12/h2-3,5-6,9H,4H2,1H3,(H,13,14)(H,15,16). The number of hydrogen-bond donors (Lipinski definition) is 2. The highest BCUT2D eigenvalue weighted by Crippen LogP contribution is 2.33. The van der Waals surface area contributed by atoms with Crippen LogP contribution in [0.25, 0.3) is 11.1 Å². The summed E-state index contributed by atoms with van der Waals surface area (Å²) < 4.78 is 5.47. The maximum Gasteiger partial charge on any atom is 0.335 e. The Morgan fingerprint density at radius 1 is 1.59 bits per heavy atom. The van der Waals surface area contributed by atoms with Crippen LogP contribution < -0.4 is 5.32 Å². The number of aromatic carboxylic acids is 1. The van der Waals surface area contributed by atoms with Gasteiger partial charge in [0.15, 0.2) is 5.58 Å². The minimum atomic E-state index is -0.964. The average molecular weight is 232 g/mol.